The van der Waals surface area contributed by atoms with Gasteiger partial charge >= 0.3 is 0 Å². The molecule has 0 saturated heterocycles. The molecule has 0 radical (unpaired) electrons. The monoisotopic (exact) mass is 906 g/mol. The Bertz CT molecular complexity index is 4000. The first-order valence-electron chi connectivity index (χ1n) is 24.5. The Hall–Kier alpha value is -9.12. The van der Waals surface area contributed by atoms with Crippen LogP contribution in [0.2, 0.25) is 0 Å². The molecule has 1 aliphatic rings. The van der Waals surface area contributed by atoms with Crippen molar-refractivity contribution in [1.29, 1.82) is 0 Å². The Balaban J connectivity index is 1.15. The number of imidazole rings is 2. The van der Waals surface area contributed by atoms with Crippen LogP contribution in [0.4, 0.5) is 0 Å². The summed E-state index contributed by atoms with van der Waals surface area (Å²) in [7, 11) is 0. The van der Waals surface area contributed by atoms with Gasteiger partial charge < -0.3 is 0 Å². The van der Waals surface area contributed by atoms with Crippen LogP contribution in [0, 0.1) is 13.8 Å². The van der Waals surface area contributed by atoms with Gasteiger partial charge in [-0.05, 0) is 112 Å². The second kappa shape index (κ2) is 16.0. The minimum absolute atomic E-state index is 0.569. The summed E-state index contributed by atoms with van der Waals surface area (Å²) in [6.45, 7) is 4.35. The van der Waals surface area contributed by atoms with Crippen LogP contribution in [0.3, 0.4) is 0 Å². The third-order valence-corrected chi connectivity index (χ3v) is 15.0. The normalized spacial score (nSPS) is 12.8. The van der Waals surface area contributed by atoms with Crippen LogP contribution in [-0.4, -0.2) is 19.1 Å². The van der Waals surface area contributed by atoms with E-state index in [-0.39, 0.29) is 0 Å². The van der Waals surface area contributed by atoms with E-state index in [4.69, 9.17) is 9.97 Å². The molecule has 1 aliphatic carbocycles. The molecule has 0 unspecified atom stereocenters. The van der Waals surface area contributed by atoms with E-state index in [1.165, 1.54) is 55.6 Å². The zero-order chi connectivity index (χ0) is 47.2. The molecule has 11 aromatic carbocycles. The molecule has 4 heteroatoms. The highest BCUT2D eigenvalue weighted by Gasteiger charge is 2.47. The van der Waals surface area contributed by atoms with Crippen LogP contribution < -0.4 is 0 Å². The summed E-state index contributed by atoms with van der Waals surface area (Å²) >= 11 is 0. The second-order valence-corrected chi connectivity index (χ2v) is 19.0. The van der Waals surface area contributed by atoms with Gasteiger partial charge in [0.1, 0.15) is 11.6 Å². The van der Waals surface area contributed by atoms with Gasteiger partial charge in [0.15, 0.2) is 0 Å². The first-order valence-corrected chi connectivity index (χ1v) is 24.5. The molecule has 0 fully saturated rings. The summed E-state index contributed by atoms with van der Waals surface area (Å²) in [5.74, 6) is 1.80. The molecule has 0 saturated carbocycles. The maximum absolute atomic E-state index is 5.35. The van der Waals surface area contributed by atoms with E-state index in [0.717, 1.165) is 77.8 Å². The first-order chi connectivity index (χ1) is 35.1. The highest BCUT2D eigenvalue weighted by molar-refractivity contribution is 6.19. The van der Waals surface area contributed by atoms with E-state index in [0.29, 0.717) is 0 Å². The van der Waals surface area contributed by atoms with Gasteiger partial charge in [0.05, 0.1) is 38.9 Å². The van der Waals surface area contributed by atoms with Crippen molar-refractivity contribution >= 4 is 43.6 Å². The molecule has 2 aromatic heterocycles. The number of hydrogen-bond acceptors (Lipinski definition) is 2. The van der Waals surface area contributed by atoms with Gasteiger partial charge in [-0.25, -0.2) is 9.97 Å². The lowest BCUT2D eigenvalue weighted by atomic mass is 9.67. The number of fused-ring (bicyclic) bond motifs is 7. The summed E-state index contributed by atoms with van der Waals surface area (Å²) < 4.78 is 4.75. The summed E-state index contributed by atoms with van der Waals surface area (Å²) in [5, 5.41) is 4.58. The topological polar surface area (TPSA) is 35.6 Å². The van der Waals surface area contributed by atoms with Crippen LogP contribution in [-0.2, 0) is 5.41 Å². The summed E-state index contributed by atoms with van der Waals surface area (Å²) in [4.78, 5) is 10.7. The average molecular weight is 907 g/mol. The van der Waals surface area contributed by atoms with Crippen molar-refractivity contribution in [1.82, 2.24) is 19.1 Å². The van der Waals surface area contributed by atoms with Crippen molar-refractivity contribution in [2.24, 2.45) is 0 Å². The van der Waals surface area contributed by atoms with Gasteiger partial charge in [-0.15, -0.1) is 0 Å². The molecule has 71 heavy (non-hydrogen) atoms. The number of benzene rings is 11. The molecule has 0 N–H and O–H groups in total. The number of para-hydroxylation sites is 4. The molecule has 13 aromatic rings. The minimum Gasteiger partial charge on any atom is -0.292 e. The number of rotatable bonds is 7. The summed E-state index contributed by atoms with van der Waals surface area (Å²) in [6, 6.07) is 89.0. The van der Waals surface area contributed by atoms with Crippen molar-refractivity contribution in [3.8, 4) is 56.4 Å². The van der Waals surface area contributed by atoms with Gasteiger partial charge in [0.25, 0.3) is 0 Å². The van der Waals surface area contributed by atoms with Crippen molar-refractivity contribution in [3.63, 3.8) is 0 Å². The van der Waals surface area contributed by atoms with Crippen molar-refractivity contribution in [2.45, 2.75) is 19.3 Å². The van der Waals surface area contributed by atoms with Gasteiger partial charge in [-0.3, -0.25) is 9.13 Å². The van der Waals surface area contributed by atoms with Gasteiger partial charge in [-0.1, -0.05) is 211 Å². The molecule has 4 nitrogen and oxygen atoms in total. The molecule has 0 bridgehead atoms. The quantitative estimate of drug-likeness (QED) is 0.149. The Labute approximate surface area is 412 Å². The van der Waals surface area contributed by atoms with Gasteiger partial charge in [0, 0.05) is 21.9 Å². The molecule has 334 valence electrons. The van der Waals surface area contributed by atoms with Crippen molar-refractivity contribution < 1.29 is 0 Å². The highest BCUT2D eigenvalue weighted by atomic mass is 15.1. The third-order valence-electron chi connectivity index (χ3n) is 15.0. The average Bonchev–Trinajstić information content (AvgIpc) is 4.10. The summed E-state index contributed by atoms with van der Waals surface area (Å²) in [6.07, 6.45) is 0. The molecular formula is C67H46N4. The highest BCUT2D eigenvalue weighted by Crippen LogP contribution is 2.59. The molecule has 2 heterocycles. The molecule has 0 atom stereocenters. The van der Waals surface area contributed by atoms with E-state index in [9.17, 15) is 0 Å². The fourth-order valence-corrected chi connectivity index (χ4v) is 11.8. The van der Waals surface area contributed by atoms with Crippen LogP contribution in [0.15, 0.2) is 243 Å². The summed E-state index contributed by atoms with van der Waals surface area (Å²) in [5.41, 5.74) is 20.1. The SMILES string of the molecule is Cc1ccc(C2(c3ccc(C)cc3)c3ccccc3-c3c(-c4c5cccc(-n6c(-c7ccccc7)nc7ccccc76)c5cc5c(-n6c(-c7ccccc7)nc7ccccc76)cccc45)cccc32)cc1. The Morgan fingerprint density at radius 1 is 0.338 bits per heavy atom. The van der Waals surface area contributed by atoms with E-state index in [2.05, 4.69) is 266 Å². The predicted molar refractivity (Wildman–Crippen MR) is 294 cm³/mol. The number of aromatic nitrogens is 4. The van der Waals surface area contributed by atoms with Crippen LogP contribution in [0.25, 0.3) is 100 Å². The maximum atomic E-state index is 5.35. The van der Waals surface area contributed by atoms with Crippen LogP contribution in [0.5, 0.6) is 0 Å². The lowest BCUT2D eigenvalue weighted by Crippen LogP contribution is -2.28. The van der Waals surface area contributed by atoms with Crippen molar-refractivity contribution in [2.75, 3.05) is 0 Å². The zero-order valence-corrected chi connectivity index (χ0v) is 39.4. The molecule has 0 spiro atoms. The Morgan fingerprint density at radius 2 is 0.775 bits per heavy atom. The molecule has 14 rings (SSSR count). The lowest BCUT2D eigenvalue weighted by molar-refractivity contribution is 0.767. The van der Waals surface area contributed by atoms with E-state index < -0.39 is 5.41 Å². The Morgan fingerprint density at radius 3 is 1.31 bits per heavy atom. The number of nitrogens with zero attached hydrogens (tertiary/aromatic N) is 4. The second-order valence-electron chi connectivity index (χ2n) is 19.0. The predicted octanol–water partition coefficient (Wildman–Crippen LogP) is 16.7. The number of hydrogen-bond donors (Lipinski definition) is 0. The molecule has 0 aliphatic heterocycles. The zero-order valence-electron chi connectivity index (χ0n) is 39.4. The smallest absolute Gasteiger partial charge is 0.145 e. The largest absolute Gasteiger partial charge is 0.292 e. The maximum Gasteiger partial charge on any atom is 0.145 e. The van der Waals surface area contributed by atoms with Crippen LogP contribution in [0.1, 0.15) is 33.4 Å². The van der Waals surface area contributed by atoms with Gasteiger partial charge in [0.2, 0.25) is 0 Å². The van der Waals surface area contributed by atoms with Crippen molar-refractivity contribution in [3.05, 3.63) is 276 Å². The van der Waals surface area contributed by atoms with Gasteiger partial charge in [-0.2, -0.15) is 0 Å². The Kier molecular flexibility index (Phi) is 9.21. The first kappa shape index (κ1) is 40.9. The van der Waals surface area contributed by atoms with E-state index >= 15 is 0 Å². The molecular weight excluding hydrogens is 861 g/mol. The third kappa shape index (κ3) is 6.11. The lowest BCUT2D eigenvalue weighted by Gasteiger charge is -2.34. The standard InChI is InChI=1S/C67H46N4/c1-43-34-38-47(39-35-43)67(48-40-36-44(2)37-41-48)55-26-10-9-22-51(55)64-52(25-15-27-56(64)67)63-49-23-16-32-59(70-61-30-13-11-28-57(61)68-65(70)45-18-5-3-6-19-45)53(49)42-54-50(63)24-17-33-60(54)71-62-31-14-12-29-58(62)69-66(71)46-20-7-4-8-21-46/h3-42H,1-2H3. The number of aryl methyl sites for hydroxylation is 2. The van der Waals surface area contributed by atoms with E-state index in [1.54, 1.807) is 0 Å². The fraction of sp³-hybridized carbons (Fsp3) is 0.0448. The minimum atomic E-state index is -0.569. The van der Waals surface area contributed by atoms with E-state index in [1.807, 2.05) is 0 Å². The van der Waals surface area contributed by atoms with Crippen LogP contribution >= 0.6 is 0 Å². The fourth-order valence-electron chi connectivity index (χ4n) is 11.8. The molecule has 0 amide bonds.